The van der Waals surface area contributed by atoms with Gasteiger partial charge < -0.3 is 4.74 Å². The highest BCUT2D eigenvalue weighted by atomic mass is 35.5. The molecule has 0 spiro atoms. The smallest absolute Gasteiger partial charge is 0.314 e. The number of pyridine rings is 1. The minimum atomic E-state index is -0.822. The fraction of sp³-hybridized carbons (Fsp3) is 0.0833. The molecule has 5 nitrogen and oxygen atoms in total. The van der Waals surface area contributed by atoms with Gasteiger partial charge in [0.25, 0.3) is 0 Å². The molecular formula is C12H7Cl2FN2O3. The van der Waals surface area contributed by atoms with E-state index in [1.807, 2.05) is 0 Å². The van der Waals surface area contributed by atoms with E-state index in [4.69, 9.17) is 27.9 Å². The van der Waals surface area contributed by atoms with Crippen molar-refractivity contribution in [1.29, 1.82) is 0 Å². The van der Waals surface area contributed by atoms with Crippen LogP contribution in [0.2, 0.25) is 10.3 Å². The molecule has 1 heterocycles. The van der Waals surface area contributed by atoms with Crippen molar-refractivity contribution in [3.8, 4) is 5.75 Å². The molecule has 2 rings (SSSR count). The summed E-state index contributed by atoms with van der Waals surface area (Å²) in [7, 11) is 0. The molecule has 20 heavy (non-hydrogen) atoms. The molecule has 0 N–H and O–H groups in total. The molecule has 104 valence electrons. The highest BCUT2D eigenvalue weighted by Crippen LogP contribution is 2.30. The second-order valence-electron chi connectivity index (χ2n) is 3.72. The summed E-state index contributed by atoms with van der Waals surface area (Å²) >= 11 is 11.5. The Morgan fingerprint density at radius 1 is 1.30 bits per heavy atom. The molecular weight excluding hydrogens is 310 g/mol. The van der Waals surface area contributed by atoms with Crippen LogP contribution in [0.1, 0.15) is 5.56 Å². The first-order valence-corrected chi connectivity index (χ1v) is 6.11. The Balaban J connectivity index is 2.25. The second kappa shape index (κ2) is 6.02. The van der Waals surface area contributed by atoms with Gasteiger partial charge in [-0.15, -0.1) is 0 Å². The van der Waals surface area contributed by atoms with Gasteiger partial charge in [-0.05, 0) is 18.2 Å². The Hall–Kier alpha value is -1.92. The molecule has 0 aliphatic carbocycles. The Kier molecular flexibility index (Phi) is 4.36. The number of nitro benzene ring substituents is 1. The molecule has 0 unspecified atom stereocenters. The molecule has 0 fully saturated rings. The minimum Gasteiger partial charge on any atom is -0.480 e. The van der Waals surface area contributed by atoms with Crippen molar-refractivity contribution in [1.82, 2.24) is 4.98 Å². The monoisotopic (exact) mass is 316 g/mol. The van der Waals surface area contributed by atoms with Crippen LogP contribution in [-0.2, 0) is 6.61 Å². The zero-order chi connectivity index (χ0) is 14.7. The first-order chi connectivity index (χ1) is 9.49. The van der Waals surface area contributed by atoms with E-state index in [9.17, 15) is 14.5 Å². The minimum absolute atomic E-state index is 0.0940. The molecule has 8 heteroatoms. The topological polar surface area (TPSA) is 65.3 Å². The molecule has 0 amide bonds. The van der Waals surface area contributed by atoms with Gasteiger partial charge in [0.05, 0.1) is 4.92 Å². The number of hydrogen-bond acceptors (Lipinski definition) is 4. The van der Waals surface area contributed by atoms with E-state index < -0.39 is 22.2 Å². The summed E-state index contributed by atoms with van der Waals surface area (Å²) in [5, 5.41) is 11.1. The molecule has 0 saturated carbocycles. The number of para-hydroxylation sites is 1. The molecule has 0 saturated heterocycles. The van der Waals surface area contributed by atoms with Gasteiger partial charge in [0, 0.05) is 11.6 Å². The predicted molar refractivity (Wildman–Crippen MR) is 71.6 cm³/mol. The molecule has 2 aromatic rings. The van der Waals surface area contributed by atoms with E-state index in [1.165, 1.54) is 12.1 Å². The Bertz CT molecular complexity index is 667. The Morgan fingerprint density at radius 3 is 2.70 bits per heavy atom. The Labute approximate surface area is 123 Å². The van der Waals surface area contributed by atoms with Crippen LogP contribution in [-0.4, -0.2) is 9.91 Å². The van der Waals surface area contributed by atoms with Crippen LogP contribution < -0.4 is 4.74 Å². The largest absolute Gasteiger partial charge is 0.480 e. The lowest BCUT2D eigenvalue weighted by Crippen LogP contribution is -2.02. The van der Waals surface area contributed by atoms with Crippen molar-refractivity contribution in [2.75, 3.05) is 0 Å². The SMILES string of the molecule is O=[N+]([O-])c1cccc(F)c1OCc1ccc(Cl)nc1Cl. The number of nitro groups is 1. The third-order valence-electron chi connectivity index (χ3n) is 2.41. The van der Waals surface area contributed by atoms with E-state index in [0.29, 0.717) is 5.56 Å². The maximum Gasteiger partial charge on any atom is 0.314 e. The van der Waals surface area contributed by atoms with E-state index in [0.717, 1.165) is 12.1 Å². The van der Waals surface area contributed by atoms with Gasteiger partial charge in [-0.3, -0.25) is 10.1 Å². The van der Waals surface area contributed by atoms with Crippen molar-refractivity contribution in [2.24, 2.45) is 0 Å². The van der Waals surface area contributed by atoms with Crippen LogP contribution >= 0.6 is 23.2 Å². The van der Waals surface area contributed by atoms with Gasteiger partial charge in [0.2, 0.25) is 5.75 Å². The molecule has 0 aliphatic heterocycles. The lowest BCUT2D eigenvalue weighted by Gasteiger charge is -2.08. The van der Waals surface area contributed by atoms with Crippen LogP contribution in [0, 0.1) is 15.9 Å². The van der Waals surface area contributed by atoms with Crippen LogP contribution in [0.3, 0.4) is 0 Å². The van der Waals surface area contributed by atoms with Gasteiger partial charge in [-0.25, -0.2) is 9.37 Å². The number of hydrogen-bond donors (Lipinski definition) is 0. The highest BCUT2D eigenvalue weighted by Gasteiger charge is 2.19. The summed E-state index contributed by atoms with van der Waals surface area (Å²) < 4.78 is 18.7. The highest BCUT2D eigenvalue weighted by molar-refractivity contribution is 6.32. The predicted octanol–water partition coefficient (Wildman–Crippen LogP) is 4.01. The van der Waals surface area contributed by atoms with Gasteiger partial charge in [0.15, 0.2) is 5.82 Å². The zero-order valence-electron chi connectivity index (χ0n) is 9.85. The first-order valence-electron chi connectivity index (χ1n) is 5.35. The van der Waals surface area contributed by atoms with Crippen molar-refractivity contribution >= 4 is 28.9 Å². The molecule has 0 aliphatic rings. The molecule has 0 radical (unpaired) electrons. The van der Waals surface area contributed by atoms with Crippen LogP contribution in [0.25, 0.3) is 0 Å². The lowest BCUT2D eigenvalue weighted by molar-refractivity contribution is -0.386. The third kappa shape index (κ3) is 3.15. The zero-order valence-corrected chi connectivity index (χ0v) is 11.4. The van der Waals surface area contributed by atoms with E-state index >= 15 is 0 Å². The standard InChI is InChI=1S/C12H7Cl2FN2O3/c13-10-5-4-7(12(14)16-10)6-20-11-8(15)2-1-3-9(11)17(18)19/h1-5H,6H2. The van der Waals surface area contributed by atoms with Crippen molar-refractivity contribution < 1.29 is 14.1 Å². The normalized spacial score (nSPS) is 10.3. The summed E-state index contributed by atoms with van der Waals surface area (Å²) in [6, 6.07) is 6.49. The average molecular weight is 317 g/mol. The number of ether oxygens (including phenoxy) is 1. The molecule has 1 aromatic heterocycles. The van der Waals surface area contributed by atoms with Crippen molar-refractivity contribution in [3.05, 3.63) is 62.1 Å². The number of nitrogens with zero attached hydrogens (tertiary/aromatic N) is 2. The first kappa shape index (κ1) is 14.5. The molecule has 0 bridgehead atoms. The summed E-state index contributed by atoms with van der Waals surface area (Å²) in [5.74, 6) is -1.26. The quantitative estimate of drug-likeness (QED) is 0.485. The number of aromatic nitrogens is 1. The van der Waals surface area contributed by atoms with Crippen LogP contribution in [0.15, 0.2) is 30.3 Å². The second-order valence-corrected chi connectivity index (χ2v) is 4.46. The average Bonchev–Trinajstić information content (AvgIpc) is 2.38. The molecule has 1 aromatic carbocycles. The Morgan fingerprint density at radius 2 is 2.05 bits per heavy atom. The van der Waals surface area contributed by atoms with Crippen molar-refractivity contribution in [3.63, 3.8) is 0 Å². The van der Waals surface area contributed by atoms with Crippen LogP contribution in [0.4, 0.5) is 10.1 Å². The summed E-state index contributed by atoms with van der Waals surface area (Å²) in [6.07, 6.45) is 0. The lowest BCUT2D eigenvalue weighted by atomic mass is 10.2. The van der Waals surface area contributed by atoms with E-state index in [-0.39, 0.29) is 16.9 Å². The number of benzene rings is 1. The summed E-state index contributed by atoms with van der Waals surface area (Å²) in [6.45, 7) is -0.162. The van der Waals surface area contributed by atoms with E-state index in [2.05, 4.69) is 4.98 Å². The summed E-state index contributed by atoms with van der Waals surface area (Å²) in [4.78, 5) is 13.9. The number of halogens is 3. The maximum absolute atomic E-state index is 13.6. The fourth-order valence-corrected chi connectivity index (χ4v) is 1.88. The maximum atomic E-state index is 13.6. The van der Waals surface area contributed by atoms with Gasteiger partial charge in [-0.2, -0.15) is 0 Å². The number of rotatable bonds is 4. The van der Waals surface area contributed by atoms with Gasteiger partial charge in [-0.1, -0.05) is 29.3 Å². The third-order valence-corrected chi connectivity index (χ3v) is 2.94. The molecule has 0 atom stereocenters. The van der Waals surface area contributed by atoms with Gasteiger partial charge >= 0.3 is 5.69 Å². The van der Waals surface area contributed by atoms with E-state index in [1.54, 1.807) is 6.07 Å². The summed E-state index contributed by atoms with van der Waals surface area (Å²) in [5.41, 5.74) is -0.0170. The van der Waals surface area contributed by atoms with Crippen molar-refractivity contribution in [2.45, 2.75) is 6.61 Å². The van der Waals surface area contributed by atoms with Crippen LogP contribution in [0.5, 0.6) is 5.75 Å². The van der Waals surface area contributed by atoms with Gasteiger partial charge in [0.1, 0.15) is 16.9 Å². The fourth-order valence-electron chi connectivity index (χ4n) is 1.48.